The molecule has 1 rings (SSSR count). The van der Waals surface area contributed by atoms with Gasteiger partial charge in [-0.05, 0) is 116 Å². The third-order valence-corrected chi connectivity index (χ3v) is 19.0. The second-order valence-corrected chi connectivity index (χ2v) is 34.2. The fraction of sp³-hybridized carbons (Fsp3) is 0.810. The zero-order valence-corrected chi connectivity index (χ0v) is 65.8. The largest absolute Gasteiger partial charge is 0.391 e. The van der Waals surface area contributed by atoms with Gasteiger partial charge >= 0.3 is 0 Å². The molecule has 0 radical (unpaired) electrons. The maximum absolute atomic E-state index is 14.9. The summed E-state index contributed by atoms with van der Waals surface area (Å²) in [5.41, 5.74) is 0. The molecule has 51 heteroatoms. The molecule has 630 valence electrons. The smallest absolute Gasteiger partial charge is 0.285 e. The summed E-state index contributed by atoms with van der Waals surface area (Å²) in [6, 6.07) is -19.1. The molecule has 0 aliphatic carbocycles. The highest BCUT2D eigenvalue weighted by Crippen LogP contribution is 2.15. The molecule has 1 fully saturated rings. The molecule has 0 aromatic carbocycles. The van der Waals surface area contributed by atoms with Gasteiger partial charge in [0, 0.05) is 19.5 Å². The lowest BCUT2D eigenvalue weighted by Gasteiger charge is -2.29. The van der Waals surface area contributed by atoms with Gasteiger partial charge in [-0.25, -0.2) is 5.01 Å². The topological polar surface area (TPSA) is 713 Å². The van der Waals surface area contributed by atoms with Gasteiger partial charge in [-0.1, -0.05) is 60.8 Å². The summed E-state index contributed by atoms with van der Waals surface area (Å²) >= 11 is 0. The molecular formula is C58H109N17O29S5. The molecule has 0 unspecified atom stereocenters. The fourth-order valence-corrected chi connectivity index (χ4v) is 12.5. The van der Waals surface area contributed by atoms with Crippen LogP contribution in [0.3, 0.4) is 0 Å². The number of hydrogen-bond donors (Lipinski definition) is 22. The fourth-order valence-electron chi connectivity index (χ4n) is 10.3. The Labute approximate surface area is 633 Å². The van der Waals surface area contributed by atoms with E-state index in [0.717, 1.165) is 26.7 Å². The molecule has 0 aromatic rings. The van der Waals surface area contributed by atoms with Crippen LogP contribution in [0.2, 0.25) is 0 Å². The highest BCUT2D eigenvalue weighted by Gasteiger charge is 2.39. The Hall–Kier alpha value is -7.12. The van der Waals surface area contributed by atoms with Gasteiger partial charge in [0.05, 0.1) is 17.5 Å². The average Bonchev–Trinajstić information content (AvgIpc) is 1.29. The van der Waals surface area contributed by atoms with E-state index >= 15 is 0 Å². The van der Waals surface area contributed by atoms with Gasteiger partial charge in [0.25, 0.3) is 50.6 Å². The molecule has 0 aromatic heterocycles. The van der Waals surface area contributed by atoms with E-state index in [0.29, 0.717) is 18.8 Å². The minimum atomic E-state index is -4.99. The number of unbranched alkanes of at least 4 members (excludes halogenated alkanes) is 1. The lowest BCUT2D eigenvalue weighted by atomic mass is 9.99. The van der Waals surface area contributed by atoms with Gasteiger partial charge in [0.15, 0.2) is 5.88 Å². The first-order valence-corrected chi connectivity index (χ1v) is 42.7. The standard InChI is InChI=1S/C58H109N17O29S5/c1-9-35(6)12-10-11-13-46(78)64-38(14-20-59-28-105(90,91)92)53(83)73-48(37(8)77)58(88)69-40(16-22-61-30-107(96,97)98)49(79)67-42-18-24-63-57(87)47(36(7)76)72-54(84)41(17-23-62-31-108(99,100)101)66-52(82)43(19-25-75(74-89)32-109(102,103)104)68-55(85)44(26-33(2)3)71-56(86)45(27-34(4)5)70-51(81)39(65-50(42)80)15-21-60-29-106(93,94)95/h33-45,47-48,59-62,76-77H,9-32H2,1-8H3,(H,63,87)(H,64,78)(H,65,80)(H,66,82)(H,67,79)(H,68,85)(H,69,88)(H,70,81)(H,71,86)(H,72,84)(H,73,83)(H,90,91,92)(H,93,94,95)(H,96,97,98)(H,99,100,101)(H,102,103,104)/t35-,36+,37+,38-,39-,40-,41-,42-,43-,44-,45+,47-,48-/m0/s1. The number of hydrogen-bond acceptors (Lipinski definition) is 29. The van der Waals surface area contributed by atoms with Crippen LogP contribution in [-0.2, 0) is 103 Å². The molecule has 0 bridgehead atoms. The minimum absolute atomic E-state index is 0.0925. The zero-order valence-electron chi connectivity index (χ0n) is 61.7. The van der Waals surface area contributed by atoms with Gasteiger partial charge in [-0.2, -0.15) is 42.1 Å². The number of nitrogens with one attached hydrogen (secondary N) is 15. The molecule has 1 heterocycles. The predicted octanol–water partition coefficient (Wildman–Crippen LogP) is -7.67. The van der Waals surface area contributed by atoms with Crippen LogP contribution in [-0.4, -0.2) is 286 Å². The average molecular weight is 1670 g/mol. The van der Waals surface area contributed by atoms with Crippen molar-refractivity contribution in [2.24, 2.45) is 23.0 Å². The molecule has 109 heavy (non-hydrogen) atoms. The summed E-state index contributed by atoms with van der Waals surface area (Å²) in [6.45, 7) is 8.56. The number of aliphatic hydroxyl groups is 2. The molecule has 1 saturated heterocycles. The van der Waals surface area contributed by atoms with Crippen LogP contribution in [0.25, 0.3) is 0 Å². The Balaban J connectivity index is 4.38. The third kappa shape index (κ3) is 45.1. The maximum atomic E-state index is 14.9. The number of nitrogens with zero attached hydrogens (tertiary/aromatic N) is 2. The number of aliphatic hydroxyl groups excluding tert-OH is 2. The van der Waals surface area contributed by atoms with E-state index < -0.39 is 301 Å². The Morgan fingerprint density at radius 3 is 1.32 bits per heavy atom. The van der Waals surface area contributed by atoms with Gasteiger partial charge < -0.3 is 90.0 Å². The van der Waals surface area contributed by atoms with Crippen LogP contribution in [0.15, 0.2) is 5.29 Å². The summed E-state index contributed by atoms with van der Waals surface area (Å²) in [5, 5.41) is 59.7. The van der Waals surface area contributed by atoms with Crippen LogP contribution < -0.4 is 79.8 Å². The first kappa shape index (κ1) is 99.9. The Bertz CT molecular complexity index is 3620. The minimum Gasteiger partial charge on any atom is -0.391 e. The molecule has 46 nitrogen and oxygen atoms in total. The number of rotatable bonds is 45. The van der Waals surface area contributed by atoms with E-state index in [2.05, 4.69) is 85.0 Å². The molecular weight excluding hydrogens is 1560 g/mol. The molecule has 11 amide bonds. The first-order chi connectivity index (χ1) is 50.3. The van der Waals surface area contributed by atoms with Crippen LogP contribution >= 0.6 is 0 Å². The normalized spacial score (nSPS) is 21.3. The predicted molar refractivity (Wildman–Crippen MR) is 387 cm³/mol. The SMILES string of the molecule is CC[C@H](C)CCCCC(=O)N[C@@H](CCNCS(=O)(=O)O)C(=O)N[C@H](C(=O)N[C@@H](CCNCS(=O)(=O)O)C(=O)N[C@H]1CCNC(=O)[C@H]([C@@H](C)O)NC(=O)[C@H](CCNCS(=O)(=O)O)NC(=O)[C@H](CCN(CS(=O)(=O)O)N=O)NC(=O)[C@H](CC(C)C)NC(=O)[C@@H](CC(C)C)NC(=O)[C@H](CCNCS(=O)(=O)O)NC1=O)[C@@H](C)O. The van der Waals surface area contributed by atoms with E-state index in [-0.39, 0.29) is 30.8 Å². The molecule has 0 spiro atoms. The summed E-state index contributed by atoms with van der Waals surface area (Å²) in [6.07, 6.45) is -5.82. The van der Waals surface area contributed by atoms with E-state index in [1.165, 1.54) is 0 Å². The maximum Gasteiger partial charge on any atom is 0.285 e. The Morgan fingerprint density at radius 2 is 0.908 bits per heavy atom. The lowest BCUT2D eigenvalue weighted by Crippen LogP contribution is -2.62. The van der Waals surface area contributed by atoms with E-state index in [9.17, 15) is 133 Å². The van der Waals surface area contributed by atoms with Crippen molar-refractivity contribution in [3.05, 3.63) is 4.91 Å². The van der Waals surface area contributed by atoms with Crippen LogP contribution in [0.4, 0.5) is 0 Å². The molecule has 13 atom stereocenters. The summed E-state index contributed by atoms with van der Waals surface area (Å²) in [4.78, 5) is 170. The Morgan fingerprint density at radius 1 is 0.495 bits per heavy atom. The lowest BCUT2D eigenvalue weighted by molar-refractivity contribution is -0.137. The number of carbonyl (C=O) groups excluding carboxylic acids is 11. The monoisotopic (exact) mass is 1670 g/mol. The van der Waals surface area contributed by atoms with E-state index in [1.807, 2.05) is 13.8 Å². The van der Waals surface area contributed by atoms with Crippen molar-refractivity contribution in [1.29, 1.82) is 0 Å². The van der Waals surface area contributed by atoms with Crippen molar-refractivity contribution in [3.63, 3.8) is 0 Å². The summed E-state index contributed by atoms with van der Waals surface area (Å²) < 4.78 is 164. The summed E-state index contributed by atoms with van der Waals surface area (Å²) in [5.74, 6) is -20.1. The quantitative estimate of drug-likeness (QED) is 0.0117. The van der Waals surface area contributed by atoms with Crippen molar-refractivity contribution >= 4 is 116 Å². The molecule has 22 N–H and O–H groups in total. The highest BCUT2D eigenvalue weighted by molar-refractivity contribution is 7.86. The van der Waals surface area contributed by atoms with Gasteiger partial charge in [0.1, 0.15) is 83.9 Å². The zero-order chi connectivity index (χ0) is 83.4. The van der Waals surface area contributed by atoms with Crippen molar-refractivity contribution < 1.29 is 128 Å². The second kappa shape index (κ2) is 48.6. The van der Waals surface area contributed by atoms with Crippen LogP contribution in [0.1, 0.15) is 139 Å². The van der Waals surface area contributed by atoms with Gasteiger partial charge in [-0.3, -0.25) is 75.5 Å². The second-order valence-electron chi connectivity index (χ2n) is 27.0. The molecule has 1 aliphatic rings. The number of nitroso groups, excluding NO2 is 1. The number of carbonyl (C=O) groups is 11. The van der Waals surface area contributed by atoms with Crippen molar-refractivity contribution in [1.82, 2.24) is 84.8 Å². The molecule has 0 saturated carbocycles. The summed E-state index contributed by atoms with van der Waals surface area (Å²) in [7, 11) is -23.9. The van der Waals surface area contributed by atoms with Crippen molar-refractivity contribution in [2.75, 3.05) is 68.7 Å². The van der Waals surface area contributed by atoms with Crippen molar-refractivity contribution in [3.8, 4) is 0 Å². The highest BCUT2D eigenvalue weighted by atomic mass is 32.2. The number of amides is 11. The Kier molecular flexibility index (Phi) is 44.6. The van der Waals surface area contributed by atoms with Crippen LogP contribution in [0.5, 0.6) is 0 Å². The van der Waals surface area contributed by atoms with Crippen LogP contribution in [0, 0.1) is 22.7 Å². The van der Waals surface area contributed by atoms with E-state index in [1.54, 1.807) is 27.7 Å². The first-order valence-electron chi connectivity index (χ1n) is 34.7. The van der Waals surface area contributed by atoms with Gasteiger partial charge in [0.2, 0.25) is 65.0 Å². The van der Waals surface area contributed by atoms with Gasteiger partial charge in [-0.15, -0.1) is 4.91 Å². The molecule has 1 aliphatic heterocycles. The van der Waals surface area contributed by atoms with Crippen molar-refractivity contribution in [2.45, 2.75) is 211 Å². The van der Waals surface area contributed by atoms with E-state index in [4.69, 9.17) is 0 Å². The third-order valence-electron chi connectivity index (χ3n) is 16.1.